The predicted molar refractivity (Wildman–Crippen MR) is 77.9 cm³/mol. The van der Waals surface area contributed by atoms with Crippen LogP contribution >= 0.6 is 15.9 Å². The molecule has 0 spiro atoms. The summed E-state index contributed by atoms with van der Waals surface area (Å²) in [5.74, 6) is 1.09. The lowest BCUT2D eigenvalue weighted by atomic mass is 10.1. The fourth-order valence-corrected chi connectivity index (χ4v) is 2.43. The molecule has 2 rings (SSSR count). The Hall–Kier alpha value is -1.09. The zero-order valence-electron chi connectivity index (χ0n) is 10.3. The van der Waals surface area contributed by atoms with Gasteiger partial charge in [-0.15, -0.1) is 0 Å². The maximum atomic E-state index is 4.76. The van der Waals surface area contributed by atoms with Crippen LogP contribution in [0.4, 0.5) is 5.82 Å². The first-order chi connectivity index (χ1) is 8.26. The largest absolute Gasteiger partial charge is 0.359 e. The minimum atomic E-state index is 0.841. The third-order valence-electron chi connectivity index (χ3n) is 2.84. The van der Waals surface area contributed by atoms with Crippen molar-refractivity contribution in [3.8, 4) is 0 Å². The van der Waals surface area contributed by atoms with Gasteiger partial charge in [0.25, 0.3) is 0 Å². The van der Waals surface area contributed by atoms with E-state index in [4.69, 9.17) is 4.98 Å². The molecule has 0 aliphatic heterocycles. The molecule has 2 aromatic rings. The second kappa shape index (κ2) is 5.50. The van der Waals surface area contributed by atoms with Gasteiger partial charge in [-0.25, -0.2) is 4.98 Å². The quantitative estimate of drug-likeness (QED) is 0.793. The summed E-state index contributed by atoms with van der Waals surface area (Å²) in [4.78, 5) is 6.99. The molecule has 0 saturated carbocycles. The highest BCUT2D eigenvalue weighted by molar-refractivity contribution is 9.08. The molecule has 0 amide bonds. The van der Waals surface area contributed by atoms with Crippen molar-refractivity contribution in [2.24, 2.45) is 0 Å². The molecule has 1 aromatic carbocycles. The average Bonchev–Trinajstić information content (AvgIpc) is 2.37. The van der Waals surface area contributed by atoms with Crippen molar-refractivity contribution < 1.29 is 0 Å². The molecule has 0 bridgehead atoms. The van der Waals surface area contributed by atoms with E-state index in [0.29, 0.717) is 0 Å². The molecule has 0 aliphatic carbocycles. The number of para-hydroxylation sites is 1. The topological polar surface area (TPSA) is 16.1 Å². The number of pyridine rings is 1. The summed E-state index contributed by atoms with van der Waals surface area (Å²) in [6.07, 6.45) is 1.13. The highest BCUT2D eigenvalue weighted by atomic mass is 79.9. The number of hydrogen-bond donors (Lipinski definition) is 0. The smallest absolute Gasteiger partial charge is 0.133 e. The van der Waals surface area contributed by atoms with E-state index in [9.17, 15) is 0 Å². The number of halogens is 1. The Kier molecular flexibility index (Phi) is 4.00. The normalized spacial score (nSPS) is 10.8. The van der Waals surface area contributed by atoms with Crippen LogP contribution in [0.1, 0.15) is 18.9 Å². The number of aromatic nitrogens is 1. The summed E-state index contributed by atoms with van der Waals surface area (Å²) in [6.45, 7) is 3.22. The summed E-state index contributed by atoms with van der Waals surface area (Å²) >= 11 is 3.55. The summed E-state index contributed by atoms with van der Waals surface area (Å²) in [7, 11) is 2.10. The first kappa shape index (κ1) is 12.4. The number of hydrogen-bond acceptors (Lipinski definition) is 2. The number of alkyl halides is 1. The van der Waals surface area contributed by atoms with Crippen LogP contribution in [-0.4, -0.2) is 18.6 Å². The Bertz CT molecular complexity index is 511. The average molecular weight is 293 g/mol. The van der Waals surface area contributed by atoms with E-state index in [-0.39, 0.29) is 0 Å². The van der Waals surface area contributed by atoms with Crippen LogP contribution in [0.3, 0.4) is 0 Å². The van der Waals surface area contributed by atoms with Crippen molar-refractivity contribution in [2.75, 3.05) is 18.5 Å². The molecule has 0 atom stereocenters. The zero-order valence-corrected chi connectivity index (χ0v) is 11.9. The van der Waals surface area contributed by atoms with Gasteiger partial charge in [0.2, 0.25) is 0 Å². The van der Waals surface area contributed by atoms with Crippen LogP contribution in [0.2, 0.25) is 0 Å². The Balaban J connectivity index is 2.52. The van der Waals surface area contributed by atoms with E-state index < -0.39 is 0 Å². The zero-order chi connectivity index (χ0) is 12.3. The summed E-state index contributed by atoms with van der Waals surface area (Å²) < 4.78 is 0. The molecule has 0 radical (unpaired) electrons. The number of fused-ring (bicyclic) bond motifs is 1. The first-order valence-electron chi connectivity index (χ1n) is 5.92. The maximum absolute atomic E-state index is 4.76. The number of benzene rings is 1. The molecular weight excluding hydrogens is 276 g/mol. The highest BCUT2D eigenvalue weighted by Gasteiger charge is 2.09. The van der Waals surface area contributed by atoms with Gasteiger partial charge in [0.05, 0.1) is 5.52 Å². The monoisotopic (exact) mass is 292 g/mol. The molecule has 17 heavy (non-hydrogen) atoms. The van der Waals surface area contributed by atoms with Crippen molar-refractivity contribution in [3.63, 3.8) is 0 Å². The third-order valence-corrected chi connectivity index (χ3v) is 3.45. The fourth-order valence-electron chi connectivity index (χ4n) is 2.02. The summed E-state index contributed by atoms with van der Waals surface area (Å²) in [5.41, 5.74) is 2.31. The standard InChI is InChI=1S/C14H17BrN2/c1-3-8-17(2)14-12(10-15)9-11-6-4-5-7-13(11)16-14/h4-7,9H,3,8,10H2,1-2H3. The lowest BCUT2D eigenvalue weighted by Gasteiger charge is -2.20. The van der Waals surface area contributed by atoms with Gasteiger partial charge in [0.15, 0.2) is 0 Å². The molecule has 0 N–H and O–H groups in total. The minimum Gasteiger partial charge on any atom is -0.359 e. The number of nitrogens with zero attached hydrogens (tertiary/aromatic N) is 2. The van der Waals surface area contributed by atoms with Crippen molar-refractivity contribution in [3.05, 3.63) is 35.9 Å². The van der Waals surface area contributed by atoms with E-state index in [1.807, 2.05) is 6.07 Å². The van der Waals surface area contributed by atoms with Gasteiger partial charge in [-0.2, -0.15) is 0 Å². The SMILES string of the molecule is CCCN(C)c1nc2ccccc2cc1CBr. The minimum absolute atomic E-state index is 0.841. The Morgan fingerprint density at radius 3 is 2.76 bits per heavy atom. The molecule has 90 valence electrons. The van der Waals surface area contributed by atoms with E-state index in [2.05, 4.69) is 59.1 Å². The fraction of sp³-hybridized carbons (Fsp3) is 0.357. The molecule has 0 fully saturated rings. The van der Waals surface area contributed by atoms with E-state index >= 15 is 0 Å². The number of rotatable bonds is 4. The number of anilines is 1. The molecule has 0 aliphatic rings. The molecule has 0 saturated heterocycles. The van der Waals surface area contributed by atoms with Crippen molar-refractivity contribution >= 4 is 32.7 Å². The van der Waals surface area contributed by atoms with Crippen LogP contribution in [-0.2, 0) is 5.33 Å². The van der Waals surface area contributed by atoms with Crippen LogP contribution in [0.15, 0.2) is 30.3 Å². The van der Waals surface area contributed by atoms with Crippen molar-refractivity contribution in [1.82, 2.24) is 4.98 Å². The second-order valence-electron chi connectivity index (χ2n) is 4.22. The lowest BCUT2D eigenvalue weighted by molar-refractivity contribution is 0.836. The van der Waals surface area contributed by atoms with Gasteiger partial charge in [0, 0.05) is 29.9 Å². The molecule has 0 unspecified atom stereocenters. The van der Waals surface area contributed by atoms with Crippen LogP contribution in [0.5, 0.6) is 0 Å². The summed E-state index contributed by atoms with van der Waals surface area (Å²) in [6, 6.07) is 10.5. The third kappa shape index (κ3) is 2.60. The molecule has 2 nitrogen and oxygen atoms in total. The van der Waals surface area contributed by atoms with Gasteiger partial charge >= 0.3 is 0 Å². The molecule has 1 aromatic heterocycles. The van der Waals surface area contributed by atoms with Crippen LogP contribution in [0, 0.1) is 0 Å². The van der Waals surface area contributed by atoms with Gasteiger partial charge in [-0.3, -0.25) is 0 Å². The van der Waals surface area contributed by atoms with Gasteiger partial charge in [0.1, 0.15) is 5.82 Å². The lowest BCUT2D eigenvalue weighted by Crippen LogP contribution is -2.20. The Morgan fingerprint density at radius 1 is 1.29 bits per heavy atom. The maximum Gasteiger partial charge on any atom is 0.133 e. The van der Waals surface area contributed by atoms with Gasteiger partial charge in [-0.05, 0) is 18.6 Å². The van der Waals surface area contributed by atoms with E-state index in [0.717, 1.165) is 29.6 Å². The van der Waals surface area contributed by atoms with Crippen molar-refractivity contribution in [2.45, 2.75) is 18.7 Å². The Labute approximate surface area is 111 Å². The van der Waals surface area contributed by atoms with E-state index in [1.54, 1.807) is 0 Å². The molecular formula is C14H17BrN2. The molecule has 3 heteroatoms. The molecule has 1 heterocycles. The Morgan fingerprint density at radius 2 is 2.06 bits per heavy atom. The van der Waals surface area contributed by atoms with Crippen molar-refractivity contribution in [1.29, 1.82) is 0 Å². The second-order valence-corrected chi connectivity index (χ2v) is 4.78. The van der Waals surface area contributed by atoms with Gasteiger partial charge < -0.3 is 4.90 Å². The predicted octanol–water partition coefficient (Wildman–Crippen LogP) is 3.98. The van der Waals surface area contributed by atoms with Crippen LogP contribution < -0.4 is 4.90 Å². The first-order valence-corrected chi connectivity index (χ1v) is 7.04. The highest BCUT2D eigenvalue weighted by Crippen LogP contribution is 2.24. The van der Waals surface area contributed by atoms with Gasteiger partial charge in [-0.1, -0.05) is 41.1 Å². The summed E-state index contributed by atoms with van der Waals surface area (Å²) in [5, 5.41) is 2.05. The van der Waals surface area contributed by atoms with Crippen LogP contribution in [0.25, 0.3) is 10.9 Å². The van der Waals surface area contributed by atoms with E-state index in [1.165, 1.54) is 10.9 Å².